The molecule has 10 nitrogen and oxygen atoms in total. The minimum Gasteiger partial charge on any atom is -0.494 e. The molecule has 3 rings (SSSR count). The Balaban J connectivity index is 1.26. The third kappa shape index (κ3) is 9.11. The highest BCUT2D eigenvalue weighted by Gasteiger charge is 2.10. The van der Waals surface area contributed by atoms with E-state index < -0.39 is 0 Å². The summed E-state index contributed by atoms with van der Waals surface area (Å²) in [6.45, 7) is 5.07. The van der Waals surface area contributed by atoms with Crippen molar-refractivity contribution in [1.82, 2.24) is 25.3 Å². The molecule has 34 heavy (non-hydrogen) atoms. The Morgan fingerprint density at radius 1 is 1.24 bits per heavy atom. The smallest absolute Gasteiger partial charge is 0.220 e. The zero-order valence-corrected chi connectivity index (χ0v) is 19.6. The van der Waals surface area contributed by atoms with Gasteiger partial charge in [0.2, 0.25) is 11.9 Å². The lowest BCUT2D eigenvalue weighted by atomic mass is 10.1. The molecular weight excluding hydrogens is 432 g/mol. The number of amides is 1. The minimum atomic E-state index is -0.0127. The van der Waals surface area contributed by atoms with Crippen molar-refractivity contribution in [2.45, 2.75) is 51.6 Å². The molecule has 182 valence electrons. The molecule has 0 aliphatic carbocycles. The maximum absolute atomic E-state index is 12.1. The number of likely N-dealkylation sites (tertiary alicyclic amines) is 1. The van der Waals surface area contributed by atoms with Crippen LogP contribution in [0.1, 0.15) is 44.1 Å². The molecule has 1 aliphatic rings. The van der Waals surface area contributed by atoms with Gasteiger partial charge in [-0.3, -0.25) is 19.7 Å². The Labute approximate surface area is 200 Å². The zero-order chi connectivity index (χ0) is 24.0. The van der Waals surface area contributed by atoms with Gasteiger partial charge in [0.1, 0.15) is 5.75 Å². The average Bonchev–Trinajstić information content (AvgIpc) is 3.27. The molecule has 0 unspecified atom stereocenters. The van der Waals surface area contributed by atoms with Gasteiger partial charge < -0.3 is 15.8 Å². The van der Waals surface area contributed by atoms with Crippen LogP contribution in [-0.4, -0.2) is 52.8 Å². The number of ether oxygens (including phenoxy) is 1. The van der Waals surface area contributed by atoms with Gasteiger partial charge in [-0.1, -0.05) is 18.6 Å². The Morgan fingerprint density at radius 2 is 2.09 bits per heavy atom. The molecule has 2 aromatic rings. The molecule has 10 heteroatoms. The summed E-state index contributed by atoms with van der Waals surface area (Å²) in [4.78, 5) is 18.5. The van der Waals surface area contributed by atoms with Gasteiger partial charge in [0, 0.05) is 38.3 Å². The molecule has 1 saturated heterocycles. The van der Waals surface area contributed by atoms with E-state index in [4.69, 9.17) is 15.7 Å². The molecule has 1 aromatic carbocycles. The quantitative estimate of drug-likeness (QED) is 0.144. The van der Waals surface area contributed by atoms with E-state index in [1.165, 1.54) is 37.9 Å². The number of guanidine groups is 1. The van der Waals surface area contributed by atoms with Crippen LogP contribution < -0.4 is 21.1 Å². The molecular formula is C24H34N8O2. The fourth-order valence-electron chi connectivity index (χ4n) is 3.83. The predicted octanol–water partition coefficient (Wildman–Crippen LogP) is 2.25. The van der Waals surface area contributed by atoms with E-state index in [1.807, 2.05) is 12.1 Å². The van der Waals surface area contributed by atoms with Gasteiger partial charge in [-0.15, -0.1) is 0 Å². The second-order valence-corrected chi connectivity index (χ2v) is 8.31. The number of benzene rings is 1. The maximum Gasteiger partial charge on any atom is 0.220 e. The number of rotatable bonds is 12. The van der Waals surface area contributed by atoms with Crippen LogP contribution >= 0.6 is 0 Å². The van der Waals surface area contributed by atoms with Gasteiger partial charge in [-0.05, 0) is 56.5 Å². The number of carbonyl (C=O) groups excluding carboxylic acids is 1. The van der Waals surface area contributed by atoms with Crippen molar-refractivity contribution in [3.05, 3.63) is 42.1 Å². The first-order valence-corrected chi connectivity index (χ1v) is 11.9. The predicted molar refractivity (Wildman–Crippen MR) is 130 cm³/mol. The van der Waals surface area contributed by atoms with Crippen LogP contribution in [0.2, 0.25) is 0 Å². The first-order chi connectivity index (χ1) is 16.6. The summed E-state index contributed by atoms with van der Waals surface area (Å²) in [5.74, 6) is 1.29. The van der Waals surface area contributed by atoms with E-state index in [-0.39, 0.29) is 11.9 Å². The number of hydrogen-bond acceptors (Lipinski definition) is 6. The van der Waals surface area contributed by atoms with Gasteiger partial charge >= 0.3 is 0 Å². The monoisotopic (exact) mass is 466 g/mol. The van der Waals surface area contributed by atoms with Crippen molar-refractivity contribution in [3.63, 3.8) is 0 Å². The lowest BCUT2D eigenvalue weighted by Gasteiger charge is -2.26. The summed E-state index contributed by atoms with van der Waals surface area (Å²) in [7, 11) is 0. The number of piperidine rings is 1. The summed E-state index contributed by atoms with van der Waals surface area (Å²) in [5.41, 5.74) is 6.79. The highest BCUT2D eigenvalue weighted by molar-refractivity contribution is 5.81. The van der Waals surface area contributed by atoms with Crippen LogP contribution in [0.3, 0.4) is 0 Å². The number of carbonyl (C=O) groups is 1. The van der Waals surface area contributed by atoms with Gasteiger partial charge in [0.05, 0.1) is 6.61 Å². The van der Waals surface area contributed by atoms with Crippen molar-refractivity contribution >= 4 is 17.7 Å². The van der Waals surface area contributed by atoms with Gasteiger partial charge in [-0.25, -0.2) is 0 Å². The van der Waals surface area contributed by atoms with Crippen LogP contribution in [0.15, 0.2) is 41.5 Å². The number of aliphatic imine (C=N–C) groups is 1. The van der Waals surface area contributed by atoms with Crippen molar-refractivity contribution in [2.24, 2.45) is 10.7 Å². The summed E-state index contributed by atoms with van der Waals surface area (Å²) in [5, 5.41) is 17.9. The number of nitriles is 1. The van der Waals surface area contributed by atoms with E-state index in [1.54, 1.807) is 23.1 Å². The number of nitrogens with two attached hydrogens (primary N) is 1. The van der Waals surface area contributed by atoms with Crippen LogP contribution in [0.5, 0.6) is 5.75 Å². The summed E-state index contributed by atoms with van der Waals surface area (Å²) >= 11 is 0. The largest absolute Gasteiger partial charge is 0.494 e. The summed E-state index contributed by atoms with van der Waals surface area (Å²) in [6.07, 6.45) is 9.20. The normalized spacial score (nSPS) is 14.4. The third-order valence-corrected chi connectivity index (χ3v) is 5.50. The number of aromatic nitrogens is 2. The highest BCUT2D eigenvalue weighted by Crippen LogP contribution is 2.17. The molecule has 0 atom stereocenters. The number of nitrogens with one attached hydrogen (secondary N) is 2. The second-order valence-electron chi connectivity index (χ2n) is 8.31. The number of hydrogen-bond donors (Lipinski definition) is 3. The summed E-state index contributed by atoms with van der Waals surface area (Å²) in [6, 6.07) is 9.99. The molecule has 1 amide bonds. The first-order valence-electron chi connectivity index (χ1n) is 11.9. The minimum absolute atomic E-state index is 0.0105. The third-order valence-electron chi connectivity index (χ3n) is 5.50. The lowest BCUT2D eigenvalue weighted by Crippen LogP contribution is -2.29. The Bertz CT molecular complexity index is 975. The molecule has 0 saturated carbocycles. The standard InChI is InChI=1S/C24H34N8O2/c25-19-28-24(26)29-22-10-15-32(30-22)14-5-9-23(33)27-11-6-16-34-21-8-4-7-20(17-21)18-31-12-2-1-3-13-31/h4,7-8,10,15,17H,1-3,5-6,9,11-14,16,18H2,(H,27,33)(H3,26,28,29,30). The highest BCUT2D eigenvalue weighted by atomic mass is 16.5. The van der Waals surface area contributed by atoms with E-state index in [9.17, 15) is 4.79 Å². The van der Waals surface area contributed by atoms with Gasteiger partial charge in [0.25, 0.3) is 0 Å². The molecule has 1 aromatic heterocycles. The Kier molecular flexibility index (Phi) is 10.2. The van der Waals surface area contributed by atoms with Crippen molar-refractivity contribution < 1.29 is 9.53 Å². The zero-order valence-electron chi connectivity index (χ0n) is 19.6. The van der Waals surface area contributed by atoms with Crippen LogP contribution in [0.25, 0.3) is 0 Å². The van der Waals surface area contributed by atoms with E-state index in [0.717, 1.165) is 18.7 Å². The van der Waals surface area contributed by atoms with Crippen molar-refractivity contribution in [3.8, 4) is 11.9 Å². The fraction of sp³-hybridized carbons (Fsp3) is 0.500. The van der Waals surface area contributed by atoms with Gasteiger partial charge in [0.15, 0.2) is 12.0 Å². The Morgan fingerprint density at radius 3 is 2.91 bits per heavy atom. The SMILES string of the molecule is N#CNC(N)=Nc1ccn(CCCC(=O)NCCCOc2cccc(CN3CCCCC3)c2)n1. The van der Waals surface area contributed by atoms with E-state index >= 15 is 0 Å². The Hall–Kier alpha value is -3.58. The van der Waals surface area contributed by atoms with Crippen molar-refractivity contribution in [1.29, 1.82) is 5.26 Å². The second kappa shape index (κ2) is 13.9. The van der Waals surface area contributed by atoms with Gasteiger partial charge in [-0.2, -0.15) is 15.4 Å². The molecule has 2 heterocycles. The molecule has 0 radical (unpaired) electrons. The molecule has 1 fully saturated rings. The molecule has 1 aliphatic heterocycles. The van der Waals surface area contributed by atoms with Crippen molar-refractivity contribution in [2.75, 3.05) is 26.2 Å². The van der Waals surface area contributed by atoms with E-state index in [0.29, 0.717) is 38.4 Å². The molecule has 0 bridgehead atoms. The van der Waals surface area contributed by atoms with Crippen LogP contribution in [0, 0.1) is 11.5 Å². The summed E-state index contributed by atoms with van der Waals surface area (Å²) < 4.78 is 7.57. The average molecular weight is 467 g/mol. The first kappa shape index (κ1) is 25.1. The molecule has 0 spiro atoms. The van der Waals surface area contributed by atoms with Crippen LogP contribution in [0.4, 0.5) is 5.82 Å². The fourth-order valence-corrected chi connectivity index (χ4v) is 3.83. The van der Waals surface area contributed by atoms with Crippen LogP contribution in [-0.2, 0) is 17.9 Å². The number of nitrogens with zero attached hydrogens (tertiary/aromatic N) is 5. The number of aryl methyl sites for hydroxylation is 1. The lowest BCUT2D eigenvalue weighted by molar-refractivity contribution is -0.121. The molecule has 4 N–H and O–H groups in total. The van der Waals surface area contributed by atoms with E-state index in [2.05, 4.69) is 37.8 Å². The maximum atomic E-state index is 12.1. The topological polar surface area (TPSA) is 134 Å².